The predicted molar refractivity (Wildman–Crippen MR) is 93.1 cm³/mol. The van der Waals surface area contributed by atoms with Gasteiger partial charge in [0.05, 0.1) is 6.04 Å². The first kappa shape index (κ1) is 15.1. The summed E-state index contributed by atoms with van der Waals surface area (Å²) in [5.74, 6) is 0.750. The molecule has 0 aliphatic heterocycles. The van der Waals surface area contributed by atoms with Crippen LogP contribution >= 0.6 is 27.5 Å². The molecule has 1 atom stereocenters. The molecular formula is C18H19BrClN. The molecule has 1 aliphatic carbocycles. The summed E-state index contributed by atoms with van der Waals surface area (Å²) in [5, 5.41) is 4.20. The Labute approximate surface area is 139 Å². The number of nitrogens with one attached hydrogen (secondary N) is 1. The highest BCUT2D eigenvalue weighted by Gasteiger charge is 2.21. The Morgan fingerprint density at radius 1 is 1.19 bits per heavy atom. The van der Waals surface area contributed by atoms with Gasteiger partial charge in [-0.15, -0.1) is 0 Å². The Kier molecular flexibility index (Phi) is 4.68. The number of hydrogen-bond donors (Lipinski definition) is 1. The molecule has 3 rings (SSSR count). The standard InChI is InChI=1S/C18H19BrClN/c1-21-18(16-11-15(19)8-9-17(16)20)14-7-3-6-13(10-14)12-4-2-5-12/h3,6-12,18,21H,2,4-5H2,1H3. The van der Waals surface area contributed by atoms with Crippen LogP contribution in [0.4, 0.5) is 0 Å². The van der Waals surface area contributed by atoms with E-state index < -0.39 is 0 Å². The fourth-order valence-corrected chi connectivity index (χ4v) is 3.58. The molecule has 0 amide bonds. The lowest BCUT2D eigenvalue weighted by Gasteiger charge is -2.27. The van der Waals surface area contributed by atoms with Crippen molar-refractivity contribution in [3.05, 3.63) is 68.7 Å². The summed E-state index contributed by atoms with van der Waals surface area (Å²) >= 11 is 9.94. The molecule has 0 radical (unpaired) electrons. The monoisotopic (exact) mass is 363 g/mol. The van der Waals surface area contributed by atoms with E-state index in [9.17, 15) is 0 Å². The molecule has 1 saturated carbocycles. The van der Waals surface area contributed by atoms with Crippen molar-refractivity contribution in [3.63, 3.8) is 0 Å². The number of halogens is 2. The lowest BCUT2D eigenvalue weighted by atomic mass is 9.79. The molecule has 0 aromatic heterocycles. The molecule has 1 nitrogen and oxygen atoms in total. The van der Waals surface area contributed by atoms with E-state index in [2.05, 4.69) is 51.6 Å². The normalized spacial score (nSPS) is 16.5. The third-order valence-electron chi connectivity index (χ3n) is 4.38. The second-order valence-corrected chi connectivity index (χ2v) is 7.01. The van der Waals surface area contributed by atoms with Gasteiger partial charge in [0.2, 0.25) is 0 Å². The SMILES string of the molecule is CNC(c1cccc(C2CCC2)c1)c1cc(Br)ccc1Cl. The minimum atomic E-state index is 0.120. The second-order valence-electron chi connectivity index (χ2n) is 5.69. The van der Waals surface area contributed by atoms with Crippen LogP contribution in [0.3, 0.4) is 0 Å². The van der Waals surface area contributed by atoms with Crippen LogP contribution in [0.2, 0.25) is 5.02 Å². The van der Waals surface area contributed by atoms with Crippen molar-refractivity contribution in [2.24, 2.45) is 0 Å². The Hall–Kier alpha value is -0.830. The minimum absolute atomic E-state index is 0.120. The number of rotatable bonds is 4. The summed E-state index contributed by atoms with van der Waals surface area (Å²) in [6.45, 7) is 0. The molecule has 1 N–H and O–H groups in total. The molecule has 110 valence electrons. The van der Waals surface area contributed by atoms with Gasteiger partial charge in [-0.3, -0.25) is 0 Å². The van der Waals surface area contributed by atoms with Crippen molar-refractivity contribution >= 4 is 27.5 Å². The molecule has 2 aromatic rings. The maximum atomic E-state index is 6.40. The Balaban J connectivity index is 1.97. The second kappa shape index (κ2) is 6.51. The van der Waals surface area contributed by atoms with Crippen molar-refractivity contribution in [1.82, 2.24) is 5.32 Å². The molecule has 1 unspecified atom stereocenters. The molecule has 21 heavy (non-hydrogen) atoms. The molecule has 0 heterocycles. The van der Waals surface area contributed by atoms with Gasteiger partial charge in [-0.25, -0.2) is 0 Å². The van der Waals surface area contributed by atoms with E-state index in [4.69, 9.17) is 11.6 Å². The highest BCUT2D eigenvalue weighted by atomic mass is 79.9. The largest absolute Gasteiger partial charge is 0.309 e. The van der Waals surface area contributed by atoms with Gasteiger partial charge in [0, 0.05) is 9.50 Å². The average molecular weight is 365 g/mol. The smallest absolute Gasteiger partial charge is 0.0589 e. The van der Waals surface area contributed by atoms with Crippen LogP contribution in [0.5, 0.6) is 0 Å². The molecular weight excluding hydrogens is 346 g/mol. The van der Waals surface area contributed by atoms with Crippen LogP contribution < -0.4 is 5.32 Å². The fourth-order valence-electron chi connectivity index (χ4n) is 2.97. The van der Waals surface area contributed by atoms with Crippen molar-refractivity contribution in [2.45, 2.75) is 31.2 Å². The van der Waals surface area contributed by atoms with Crippen molar-refractivity contribution in [2.75, 3.05) is 7.05 Å². The van der Waals surface area contributed by atoms with Gasteiger partial charge in [-0.05, 0) is 60.7 Å². The fraction of sp³-hybridized carbons (Fsp3) is 0.333. The van der Waals surface area contributed by atoms with Crippen molar-refractivity contribution in [3.8, 4) is 0 Å². The maximum absolute atomic E-state index is 6.40. The van der Waals surface area contributed by atoms with E-state index in [1.54, 1.807) is 0 Å². The summed E-state index contributed by atoms with van der Waals surface area (Å²) < 4.78 is 1.05. The van der Waals surface area contributed by atoms with Gasteiger partial charge in [0.1, 0.15) is 0 Å². The average Bonchev–Trinajstić information content (AvgIpc) is 2.42. The molecule has 0 bridgehead atoms. The van der Waals surface area contributed by atoms with Crippen LogP contribution in [-0.4, -0.2) is 7.05 Å². The lowest BCUT2D eigenvalue weighted by molar-refractivity contribution is 0.419. The van der Waals surface area contributed by atoms with Gasteiger partial charge < -0.3 is 5.32 Å². The van der Waals surface area contributed by atoms with E-state index in [0.717, 1.165) is 21.0 Å². The first-order chi connectivity index (χ1) is 10.2. The first-order valence-electron chi connectivity index (χ1n) is 7.41. The highest BCUT2D eigenvalue weighted by Crippen LogP contribution is 2.38. The molecule has 1 fully saturated rings. The zero-order valence-electron chi connectivity index (χ0n) is 12.1. The topological polar surface area (TPSA) is 12.0 Å². The number of benzene rings is 2. The van der Waals surface area contributed by atoms with Crippen LogP contribution in [0, 0.1) is 0 Å². The summed E-state index contributed by atoms with van der Waals surface area (Å²) in [4.78, 5) is 0. The third kappa shape index (κ3) is 3.18. The molecule has 2 aromatic carbocycles. The third-order valence-corrected chi connectivity index (χ3v) is 5.22. The van der Waals surface area contributed by atoms with Crippen molar-refractivity contribution < 1.29 is 0 Å². The molecule has 1 aliphatic rings. The maximum Gasteiger partial charge on any atom is 0.0589 e. The van der Waals surface area contributed by atoms with Crippen LogP contribution in [0.1, 0.15) is 47.9 Å². The van der Waals surface area contributed by atoms with Gasteiger partial charge in [-0.2, -0.15) is 0 Å². The molecule has 3 heteroatoms. The minimum Gasteiger partial charge on any atom is -0.309 e. The first-order valence-corrected chi connectivity index (χ1v) is 8.58. The molecule has 0 saturated heterocycles. The Bertz CT molecular complexity index is 637. The summed E-state index contributed by atoms with van der Waals surface area (Å²) in [6.07, 6.45) is 4.01. The van der Waals surface area contributed by atoms with E-state index in [1.807, 2.05) is 19.2 Å². The zero-order valence-corrected chi connectivity index (χ0v) is 14.4. The number of hydrogen-bond acceptors (Lipinski definition) is 1. The van der Waals surface area contributed by atoms with E-state index in [0.29, 0.717) is 0 Å². The van der Waals surface area contributed by atoms with Crippen molar-refractivity contribution in [1.29, 1.82) is 0 Å². The lowest BCUT2D eigenvalue weighted by Crippen LogP contribution is -2.19. The van der Waals surface area contributed by atoms with Gasteiger partial charge in [0.25, 0.3) is 0 Å². The van der Waals surface area contributed by atoms with E-state index in [-0.39, 0.29) is 6.04 Å². The van der Waals surface area contributed by atoms with Crippen LogP contribution in [-0.2, 0) is 0 Å². The van der Waals surface area contributed by atoms with Gasteiger partial charge in [0.15, 0.2) is 0 Å². The Morgan fingerprint density at radius 2 is 2.00 bits per heavy atom. The molecule has 0 spiro atoms. The predicted octanol–water partition coefficient (Wildman–Crippen LogP) is 5.68. The summed E-state index contributed by atoms with van der Waals surface area (Å²) in [6, 6.07) is 15.1. The van der Waals surface area contributed by atoms with E-state index in [1.165, 1.54) is 30.4 Å². The highest BCUT2D eigenvalue weighted by molar-refractivity contribution is 9.10. The quantitative estimate of drug-likeness (QED) is 0.736. The summed E-state index contributed by atoms with van der Waals surface area (Å²) in [7, 11) is 1.98. The van der Waals surface area contributed by atoms with Crippen LogP contribution in [0.25, 0.3) is 0 Å². The van der Waals surface area contributed by atoms with Crippen LogP contribution in [0.15, 0.2) is 46.9 Å². The Morgan fingerprint density at radius 3 is 2.67 bits per heavy atom. The zero-order chi connectivity index (χ0) is 14.8. The van der Waals surface area contributed by atoms with E-state index >= 15 is 0 Å². The van der Waals surface area contributed by atoms with Gasteiger partial charge in [-0.1, -0.05) is 58.2 Å². The van der Waals surface area contributed by atoms with Gasteiger partial charge >= 0.3 is 0 Å². The summed E-state index contributed by atoms with van der Waals surface area (Å²) in [5.41, 5.74) is 3.85.